The van der Waals surface area contributed by atoms with E-state index in [0.717, 1.165) is 53.4 Å². The molecule has 0 amide bonds. The number of hydrogen-bond donors (Lipinski definition) is 3. The van der Waals surface area contributed by atoms with Crippen molar-refractivity contribution in [1.29, 1.82) is 0 Å². The second-order valence-electron chi connectivity index (χ2n) is 6.55. The van der Waals surface area contributed by atoms with Gasteiger partial charge < -0.3 is 15.4 Å². The molecular weight excluding hydrogens is 276 g/mol. The fourth-order valence-electron chi connectivity index (χ4n) is 3.39. The Kier molecular flexibility index (Phi) is 4.32. The number of aliphatic hydroxyl groups is 1. The van der Waals surface area contributed by atoms with E-state index in [-0.39, 0.29) is 11.5 Å². The molecule has 0 aliphatic heterocycles. The van der Waals surface area contributed by atoms with Gasteiger partial charge in [-0.15, -0.1) is 0 Å². The van der Waals surface area contributed by atoms with Gasteiger partial charge >= 0.3 is 0 Å². The molecular formula is C18H24N2O2. The minimum absolute atomic E-state index is 0.0800. The van der Waals surface area contributed by atoms with Crippen molar-refractivity contribution in [2.24, 2.45) is 0 Å². The van der Waals surface area contributed by atoms with Crippen LogP contribution in [-0.4, -0.2) is 22.2 Å². The summed E-state index contributed by atoms with van der Waals surface area (Å²) in [5, 5.41) is 13.8. The van der Waals surface area contributed by atoms with Crippen molar-refractivity contribution in [3.8, 4) is 0 Å². The zero-order chi connectivity index (χ0) is 15.7. The molecule has 0 atom stereocenters. The summed E-state index contributed by atoms with van der Waals surface area (Å²) in [5.41, 5.74) is 4.16. The summed E-state index contributed by atoms with van der Waals surface area (Å²) in [6.07, 6.45) is 3.59. The predicted octanol–water partition coefficient (Wildman–Crippen LogP) is 2.54. The van der Waals surface area contributed by atoms with Gasteiger partial charge in [0, 0.05) is 29.7 Å². The van der Waals surface area contributed by atoms with E-state index in [1.165, 1.54) is 0 Å². The molecule has 0 saturated heterocycles. The number of aryl methyl sites for hydroxylation is 2. The highest BCUT2D eigenvalue weighted by Crippen LogP contribution is 2.19. The van der Waals surface area contributed by atoms with Gasteiger partial charge in [0.2, 0.25) is 0 Å². The minimum atomic E-state index is -0.135. The molecule has 22 heavy (non-hydrogen) atoms. The number of hydrogen-bond acceptors (Lipinski definition) is 3. The Morgan fingerprint density at radius 2 is 1.91 bits per heavy atom. The van der Waals surface area contributed by atoms with E-state index in [1.54, 1.807) is 6.07 Å². The van der Waals surface area contributed by atoms with Gasteiger partial charge in [0.1, 0.15) is 0 Å². The average molecular weight is 300 g/mol. The maximum Gasteiger partial charge on any atom is 0.189 e. The van der Waals surface area contributed by atoms with Gasteiger partial charge in [0.15, 0.2) is 5.43 Å². The van der Waals surface area contributed by atoms with Gasteiger partial charge in [-0.3, -0.25) is 4.79 Å². The molecule has 3 rings (SSSR count). The average Bonchev–Trinajstić information content (AvgIpc) is 2.48. The maximum atomic E-state index is 12.3. The summed E-state index contributed by atoms with van der Waals surface area (Å²) < 4.78 is 0. The normalized spacial score (nSPS) is 22.1. The molecule has 118 valence electrons. The Balaban J connectivity index is 1.79. The van der Waals surface area contributed by atoms with Crippen LogP contribution in [0.3, 0.4) is 0 Å². The molecule has 1 heterocycles. The predicted molar refractivity (Wildman–Crippen MR) is 89.1 cm³/mol. The largest absolute Gasteiger partial charge is 0.393 e. The SMILES string of the molecule is Cc1cc(C)c2[nH]c(CNC3CCC(O)CC3)cc(=O)c2c1. The molecule has 4 nitrogen and oxygen atoms in total. The Morgan fingerprint density at radius 3 is 2.64 bits per heavy atom. The number of rotatable bonds is 3. The standard InChI is InChI=1S/C18H24N2O2/c1-11-7-12(2)18-16(8-11)17(22)9-14(20-18)10-19-13-3-5-15(21)6-4-13/h7-9,13,15,19,21H,3-6,10H2,1-2H3,(H,20,22). The molecule has 0 bridgehead atoms. The van der Waals surface area contributed by atoms with Gasteiger partial charge in [-0.05, 0) is 56.7 Å². The maximum absolute atomic E-state index is 12.3. The first-order valence-corrected chi connectivity index (χ1v) is 8.07. The Hall–Kier alpha value is -1.65. The highest BCUT2D eigenvalue weighted by atomic mass is 16.3. The summed E-state index contributed by atoms with van der Waals surface area (Å²) in [6.45, 7) is 4.71. The molecule has 1 aliphatic rings. The second-order valence-corrected chi connectivity index (χ2v) is 6.55. The van der Waals surface area contributed by atoms with E-state index in [0.29, 0.717) is 12.6 Å². The van der Waals surface area contributed by atoms with Crippen LogP contribution in [0.2, 0.25) is 0 Å². The van der Waals surface area contributed by atoms with Crippen molar-refractivity contribution < 1.29 is 5.11 Å². The second kappa shape index (κ2) is 6.23. The third kappa shape index (κ3) is 3.23. The van der Waals surface area contributed by atoms with E-state index in [9.17, 15) is 9.90 Å². The summed E-state index contributed by atoms with van der Waals surface area (Å²) in [7, 11) is 0. The highest BCUT2D eigenvalue weighted by Gasteiger charge is 2.18. The van der Waals surface area contributed by atoms with E-state index >= 15 is 0 Å². The van der Waals surface area contributed by atoms with Crippen LogP contribution in [0.4, 0.5) is 0 Å². The number of aromatic nitrogens is 1. The Morgan fingerprint density at radius 1 is 1.18 bits per heavy atom. The van der Waals surface area contributed by atoms with Gasteiger partial charge in [-0.2, -0.15) is 0 Å². The molecule has 0 radical (unpaired) electrons. The van der Waals surface area contributed by atoms with Gasteiger partial charge in [0.05, 0.1) is 11.6 Å². The van der Waals surface area contributed by atoms with Gasteiger partial charge in [-0.25, -0.2) is 0 Å². The summed E-state index contributed by atoms with van der Waals surface area (Å²) in [5.74, 6) is 0. The van der Waals surface area contributed by atoms with Crippen LogP contribution in [-0.2, 0) is 6.54 Å². The first kappa shape index (κ1) is 15.3. The summed E-state index contributed by atoms with van der Waals surface area (Å²) in [6, 6.07) is 6.17. The molecule has 2 aromatic rings. The zero-order valence-electron chi connectivity index (χ0n) is 13.3. The lowest BCUT2D eigenvalue weighted by Crippen LogP contribution is -2.34. The third-order valence-corrected chi connectivity index (χ3v) is 4.61. The van der Waals surface area contributed by atoms with E-state index in [4.69, 9.17) is 0 Å². The number of aliphatic hydroxyl groups excluding tert-OH is 1. The van der Waals surface area contributed by atoms with Gasteiger partial charge in [-0.1, -0.05) is 6.07 Å². The molecule has 1 aromatic carbocycles. The van der Waals surface area contributed by atoms with Crippen LogP contribution < -0.4 is 10.7 Å². The number of fused-ring (bicyclic) bond motifs is 1. The van der Waals surface area contributed by atoms with Crippen molar-refractivity contribution >= 4 is 10.9 Å². The van der Waals surface area contributed by atoms with E-state index in [1.807, 2.05) is 19.9 Å². The Labute approximate surface area is 130 Å². The topological polar surface area (TPSA) is 65.1 Å². The lowest BCUT2D eigenvalue weighted by Gasteiger charge is -2.26. The van der Waals surface area contributed by atoms with Crippen LogP contribution >= 0.6 is 0 Å². The third-order valence-electron chi connectivity index (χ3n) is 4.61. The molecule has 3 N–H and O–H groups in total. The lowest BCUT2D eigenvalue weighted by atomic mass is 9.93. The molecule has 1 saturated carbocycles. The number of aromatic amines is 1. The van der Waals surface area contributed by atoms with Crippen LogP contribution in [0.15, 0.2) is 23.0 Å². The first-order valence-electron chi connectivity index (χ1n) is 8.07. The van der Waals surface area contributed by atoms with Crippen molar-refractivity contribution in [3.63, 3.8) is 0 Å². The summed E-state index contributed by atoms with van der Waals surface area (Å²) >= 11 is 0. The van der Waals surface area contributed by atoms with E-state index < -0.39 is 0 Å². The number of nitrogens with one attached hydrogen (secondary N) is 2. The molecule has 0 spiro atoms. The van der Waals surface area contributed by atoms with E-state index in [2.05, 4.69) is 16.4 Å². The molecule has 1 aromatic heterocycles. The lowest BCUT2D eigenvalue weighted by molar-refractivity contribution is 0.116. The molecule has 1 aliphatic carbocycles. The van der Waals surface area contributed by atoms with Crippen molar-refractivity contribution in [3.05, 3.63) is 45.2 Å². The van der Waals surface area contributed by atoms with Crippen molar-refractivity contribution in [2.75, 3.05) is 0 Å². The van der Waals surface area contributed by atoms with Crippen LogP contribution in [0.5, 0.6) is 0 Å². The minimum Gasteiger partial charge on any atom is -0.393 e. The smallest absolute Gasteiger partial charge is 0.189 e. The fraction of sp³-hybridized carbons (Fsp3) is 0.500. The number of H-pyrrole nitrogens is 1. The zero-order valence-corrected chi connectivity index (χ0v) is 13.3. The summed E-state index contributed by atoms with van der Waals surface area (Å²) in [4.78, 5) is 15.7. The number of pyridine rings is 1. The van der Waals surface area contributed by atoms with Crippen LogP contribution in [0.25, 0.3) is 10.9 Å². The monoisotopic (exact) mass is 300 g/mol. The molecule has 4 heteroatoms. The van der Waals surface area contributed by atoms with Crippen molar-refractivity contribution in [1.82, 2.24) is 10.3 Å². The quantitative estimate of drug-likeness (QED) is 0.816. The van der Waals surface area contributed by atoms with Gasteiger partial charge in [0.25, 0.3) is 0 Å². The fourth-order valence-corrected chi connectivity index (χ4v) is 3.39. The number of benzene rings is 1. The Bertz CT molecular complexity index is 728. The molecule has 1 fully saturated rings. The highest BCUT2D eigenvalue weighted by molar-refractivity contribution is 5.82. The van der Waals surface area contributed by atoms with Crippen molar-refractivity contribution in [2.45, 2.75) is 58.2 Å². The van der Waals surface area contributed by atoms with Crippen LogP contribution in [0, 0.1) is 13.8 Å². The first-order chi connectivity index (χ1) is 10.5. The van der Waals surface area contributed by atoms with Crippen LogP contribution in [0.1, 0.15) is 42.5 Å². The molecule has 0 unspecified atom stereocenters.